The summed E-state index contributed by atoms with van der Waals surface area (Å²) in [7, 11) is 0. The Morgan fingerprint density at radius 1 is 1.17 bits per heavy atom. The maximum atomic E-state index is 12.5. The fourth-order valence-corrected chi connectivity index (χ4v) is 4.81. The van der Waals surface area contributed by atoms with Crippen LogP contribution in [0.2, 0.25) is 0 Å². The molecule has 0 bridgehead atoms. The van der Waals surface area contributed by atoms with Crippen LogP contribution >= 0.6 is 11.3 Å². The average Bonchev–Trinajstić information content (AvgIpc) is 3.10. The molecule has 0 fully saturated rings. The van der Waals surface area contributed by atoms with E-state index < -0.39 is 24.4 Å². The molecule has 1 aliphatic carbocycles. The molecule has 0 atom stereocenters. The van der Waals surface area contributed by atoms with Gasteiger partial charge in [0.1, 0.15) is 5.00 Å². The van der Waals surface area contributed by atoms with E-state index in [0.717, 1.165) is 55.5 Å². The highest BCUT2D eigenvalue weighted by Crippen LogP contribution is 2.37. The van der Waals surface area contributed by atoms with Gasteiger partial charge in [-0.15, -0.1) is 11.3 Å². The molecular formula is C22H27N3O4S. The number of rotatable bonds is 9. The summed E-state index contributed by atoms with van der Waals surface area (Å²) in [5.41, 5.74) is 7.94. The van der Waals surface area contributed by atoms with Gasteiger partial charge in [-0.25, -0.2) is 4.79 Å². The van der Waals surface area contributed by atoms with Crippen molar-refractivity contribution in [1.29, 1.82) is 0 Å². The quantitative estimate of drug-likeness (QED) is 0.415. The predicted molar refractivity (Wildman–Crippen MR) is 118 cm³/mol. The first-order valence-electron chi connectivity index (χ1n) is 10.3. The number of benzene rings is 1. The third-order valence-electron chi connectivity index (χ3n) is 5.00. The molecule has 0 unspecified atom stereocenters. The SMILES string of the molecule is CCCCNc1ccccc1C(=O)OCC(=O)Nc1sc2c(c1C(N)=O)CCCC2. The lowest BCUT2D eigenvalue weighted by Gasteiger charge is -2.12. The van der Waals surface area contributed by atoms with Crippen molar-refractivity contribution in [1.82, 2.24) is 0 Å². The van der Waals surface area contributed by atoms with Crippen LogP contribution < -0.4 is 16.4 Å². The van der Waals surface area contributed by atoms with Gasteiger partial charge in [-0.3, -0.25) is 9.59 Å². The lowest BCUT2D eigenvalue weighted by Crippen LogP contribution is -2.23. The normalized spacial score (nSPS) is 12.7. The maximum Gasteiger partial charge on any atom is 0.340 e. The summed E-state index contributed by atoms with van der Waals surface area (Å²) >= 11 is 1.38. The first-order valence-corrected chi connectivity index (χ1v) is 11.1. The Morgan fingerprint density at radius 3 is 2.70 bits per heavy atom. The molecule has 160 valence electrons. The van der Waals surface area contributed by atoms with Crippen LogP contribution in [-0.4, -0.2) is 30.9 Å². The molecule has 8 heteroatoms. The summed E-state index contributed by atoms with van der Waals surface area (Å²) in [6.45, 7) is 2.40. The number of primary amides is 1. The van der Waals surface area contributed by atoms with E-state index in [9.17, 15) is 14.4 Å². The summed E-state index contributed by atoms with van der Waals surface area (Å²) in [5.74, 6) is -1.63. The predicted octanol–water partition coefficient (Wildman–Crippen LogP) is 3.73. The molecule has 0 saturated carbocycles. The number of ether oxygens (including phenoxy) is 1. The number of amides is 2. The van der Waals surface area contributed by atoms with Crippen molar-refractivity contribution in [2.45, 2.75) is 45.4 Å². The number of aryl methyl sites for hydroxylation is 1. The number of hydrogen-bond acceptors (Lipinski definition) is 6. The zero-order valence-corrected chi connectivity index (χ0v) is 17.9. The molecule has 0 radical (unpaired) electrons. The topological polar surface area (TPSA) is 111 Å². The Bertz CT molecular complexity index is 938. The van der Waals surface area contributed by atoms with Gasteiger partial charge >= 0.3 is 5.97 Å². The van der Waals surface area contributed by atoms with E-state index in [2.05, 4.69) is 17.6 Å². The van der Waals surface area contributed by atoms with E-state index in [0.29, 0.717) is 21.8 Å². The second kappa shape index (κ2) is 10.2. The smallest absolute Gasteiger partial charge is 0.340 e. The van der Waals surface area contributed by atoms with Crippen LogP contribution in [0.1, 0.15) is 63.8 Å². The Hall–Kier alpha value is -2.87. The summed E-state index contributed by atoms with van der Waals surface area (Å²) in [6, 6.07) is 7.05. The summed E-state index contributed by atoms with van der Waals surface area (Å²) in [6.07, 6.45) is 5.75. The van der Waals surface area contributed by atoms with E-state index in [-0.39, 0.29) is 0 Å². The number of nitrogens with one attached hydrogen (secondary N) is 2. The third kappa shape index (κ3) is 5.18. The van der Waals surface area contributed by atoms with Gasteiger partial charge in [0.05, 0.1) is 11.1 Å². The lowest BCUT2D eigenvalue weighted by molar-refractivity contribution is -0.119. The van der Waals surface area contributed by atoms with Crippen LogP contribution in [-0.2, 0) is 22.4 Å². The highest BCUT2D eigenvalue weighted by Gasteiger charge is 2.25. The Balaban J connectivity index is 1.62. The van der Waals surface area contributed by atoms with Gasteiger partial charge in [-0.2, -0.15) is 0 Å². The van der Waals surface area contributed by atoms with Crippen molar-refractivity contribution in [2.24, 2.45) is 5.73 Å². The van der Waals surface area contributed by atoms with Crippen LogP contribution in [0.4, 0.5) is 10.7 Å². The van der Waals surface area contributed by atoms with Crippen LogP contribution in [0.5, 0.6) is 0 Å². The fraction of sp³-hybridized carbons (Fsp3) is 0.409. The van der Waals surface area contributed by atoms with E-state index in [4.69, 9.17) is 10.5 Å². The first kappa shape index (κ1) is 21.8. The number of fused-ring (bicyclic) bond motifs is 1. The number of esters is 1. The molecule has 2 aromatic rings. The lowest BCUT2D eigenvalue weighted by atomic mass is 9.95. The fourth-order valence-electron chi connectivity index (χ4n) is 3.50. The Labute approximate surface area is 180 Å². The van der Waals surface area contributed by atoms with Crippen molar-refractivity contribution in [3.05, 3.63) is 45.8 Å². The molecule has 1 aromatic carbocycles. The van der Waals surface area contributed by atoms with Gasteiger partial charge in [0.15, 0.2) is 6.61 Å². The number of anilines is 2. The van der Waals surface area contributed by atoms with Crippen molar-refractivity contribution in [3.8, 4) is 0 Å². The molecular weight excluding hydrogens is 402 g/mol. The van der Waals surface area contributed by atoms with Gasteiger partial charge in [0.2, 0.25) is 0 Å². The van der Waals surface area contributed by atoms with Gasteiger partial charge in [0, 0.05) is 17.1 Å². The minimum absolute atomic E-state index is 0.380. The highest BCUT2D eigenvalue weighted by atomic mass is 32.1. The highest BCUT2D eigenvalue weighted by molar-refractivity contribution is 7.17. The zero-order chi connectivity index (χ0) is 21.5. The summed E-state index contributed by atoms with van der Waals surface area (Å²) < 4.78 is 5.21. The second-order valence-electron chi connectivity index (χ2n) is 7.23. The van der Waals surface area contributed by atoms with E-state index >= 15 is 0 Å². The first-order chi connectivity index (χ1) is 14.5. The van der Waals surface area contributed by atoms with E-state index in [1.54, 1.807) is 12.1 Å². The number of thiophene rings is 1. The minimum Gasteiger partial charge on any atom is -0.452 e. The second-order valence-corrected chi connectivity index (χ2v) is 8.33. The average molecular weight is 430 g/mol. The van der Waals surface area contributed by atoms with Gasteiger partial charge in [-0.05, 0) is 49.8 Å². The third-order valence-corrected chi connectivity index (χ3v) is 6.21. The monoisotopic (exact) mass is 429 g/mol. The molecule has 0 spiro atoms. The molecule has 1 heterocycles. The molecule has 0 saturated heterocycles. The van der Waals surface area contributed by atoms with Crippen molar-refractivity contribution in [2.75, 3.05) is 23.8 Å². The standard InChI is InChI=1S/C22H27N3O4S/c1-2-3-12-24-16-10-6-4-8-14(16)22(28)29-13-18(26)25-21-19(20(23)27)15-9-5-7-11-17(15)30-21/h4,6,8,10,24H,2-3,5,7,9,11-13H2,1H3,(H2,23,27)(H,25,26). The molecule has 4 N–H and O–H groups in total. The van der Waals surface area contributed by atoms with Crippen LogP contribution in [0.15, 0.2) is 24.3 Å². The molecule has 7 nitrogen and oxygen atoms in total. The molecule has 2 amide bonds. The summed E-state index contributed by atoms with van der Waals surface area (Å²) in [4.78, 5) is 37.9. The summed E-state index contributed by atoms with van der Waals surface area (Å²) in [5, 5.41) is 6.36. The number of nitrogens with two attached hydrogens (primary N) is 1. The largest absolute Gasteiger partial charge is 0.452 e. The maximum absolute atomic E-state index is 12.5. The molecule has 1 aliphatic rings. The molecule has 30 heavy (non-hydrogen) atoms. The van der Waals surface area contributed by atoms with Crippen molar-refractivity contribution in [3.63, 3.8) is 0 Å². The van der Waals surface area contributed by atoms with E-state index in [1.165, 1.54) is 11.3 Å². The van der Waals surface area contributed by atoms with E-state index in [1.807, 2.05) is 12.1 Å². The molecule has 0 aliphatic heterocycles. The number of hydrogen-bond donors (Lipinski definition) is 3. The molecule has 3 rings (SSSR count). The number of carbonyl (C=O) groups is 3. The number of para-hydroxylation sites is 1. The molecule has 1 aromatic heterocycles. The van der Waals surface area contributed by atoms with Crippen molar-refractivity contribution < 1.29 is 19.1 Å². The van der Waals surface area contributed by atoms with Gasteiger partial charge in [0.25, 0.3) is 11.8 Å². The Kier molecular flexibility index (Phi) is 7.46. The van der Waals surface area contributed by atoms with Gasteiger partial charge < -0.3 is 21.1 Å². The van der Waals surface area contributed by atoms with Crippen LogP contribution in [0.25, 0.3) is 0 Å². The number of carbonyl (C=O) groups excluding carboxylic acids is 3. The zero-order valence-electron chi connectivity index (χ0n) is 17.1. The Morgan fingerprint density at radius 2 is 1.93 bits per heavy atom. The van der Waals surface area contributed by atoms with Gasteiger partial charge in [-0.1, -0.05) is 25.5 Å². The number of unbranched alkanes of at least 4 members (excludes halogenated alkanes) is 1. The van der Waals surface area contributed by atoms with Crippen LogP contribution in [0.3, 0.4) is 0 Å². The van der Waals surface area contributed by atoms with Crippen molar-refractivity contribution >= 4 is 39.8 Å². The minimum atomic E-state index is -0.578. The van der Waals surface area contributed by atoms with Crippen LogP contribution in [0, 0.1) is 0 Å².